The van der Waals surface area contributed by atoms with E-state index in [-0.39, 0.29) is 5.60 Å². The van der Waals surface area contributed by atoms with E-state index in [9.17, 15) is 0 Å². The molecule has 4 heteroatoms. The number of aromatic nitrogens is 2. The first-order valence-corrected chi connectivity index (χ1v) is 8.00. The molecule has 114 valence electrons. The summed E-state index contributed by atoms with van der Waals surface area (Å²) in [5, 5.41) is 7.96. The Kier molecular flexibility index (Phi) is 5.61. The molecular weight excluding hydrogens is 250 g/mol. The first kappa shape index (κ1) is 15.5. The van der Waals surface area contributed by atoms with Crippen molar-refractivity contribution in [1.29, 1.82) is 0 Å². The summed E-state index contributed by atoms with van der Waals surface area (Å²) in [6, 6.07) is 2.54. The minimum atomic E-state index is -0.00792. The molecule has 2 rings (SSSR count). The van der Waals surface area contributed by atoms with E-state index in [1.807, 2.05) is 17.9 Å². The molecule has 2 heterocycles. The molecule has 0 aromatic carbocycles. The van der Waals surface area contributed by atoms with E-state index < -0.39 is 0 Å². The first-order valence-electron chi connectivity index (χ1n) is 8.00. The van der Waals surface area contributed by atoms with Crippen LogP contribution in [-0.2, 0) is 18.2 Å². The Balaban J connectivity index is 1.97. The molecule has 1 aliphatic heterocycles. The smallest absolute Gasteiger partial charge is 0.0806 e. The highest BCUT2D eigenvalue weighted by atomic mass is 16.5. The zero-order chi connectivity index (χ0) is 14.4. The molecule has 0 radical (unpaired) electrons. The van der Waals surface area contributed by atoms with Crippen LogP contribution in [-0.4, -0.2) is 34.6 Å². The van der Waals surface area contributed by atoms with E-state index in [1.54, 1.807) is 0 Å². The fourth-order valence-electron chi connectivity index (χ4n) is 3.11. The Morgan fingerprint density at radius 3 is 2.95 bits per heavy atom. The Morgan fingerprint density at radius 2 is 2.35 bits per heavy atom. The van der Waals surface area contributed by atoms with Gasteiger partial charge in [-0.25, -0.2) is 0 Å². The minimum Gasteiger partial charge on any atom is -0.374 e. The maximum absolute atomic E-state index is 6.14. The lowest BCUT2D eigenvalue weighted by Crippen LogP contribution is -2.52. The van der Waals surface area contributed by atoms with Crippen LogP contribution in [0.2, 0.25) is 0 Å². The van der Waals surface area contributed by atoms with Gasteiger partial charge in [-0.15, -0.1) is 0 Å². The highest BCUT2D eigenvalue weighted by Gasteiger charge is 2.36. The lowest BCUT2D eigenvalue weighted by molar-refractivity contribution is -0.0899. The molecule has 0 spiro atoms. The number of nitrogens with zero attached hydrogens (tertiary/aromatic N) is 2. The zero-order valence-corrected chi connectivity index (χ0v) is 13.2. The van der Waals surface area contributed by atoms with Gasteiger partial charge in [0.25, 0.3) is 0 Å². The quantitative estimate of drug-likeness (QED) is 0.834. The third-order valence-electron chi connectivity index (χ3n) is 4.49. The molecule has 2 atom stereocenters. The van der Waals surface area contributed by atoms with Crippen LogP contribution in [0.1, 0.15) is 51.6 Å². The molecule has 1 saturated heterocycles. The molecule has 2 unspecified atom stereocenters. The lowest BCUT2D eigenvalue weighted by Gasteiger charge is -2.41. The molecule has 20 heavy (non-hydrogen) atoms. The van der Waals surface area contributed by atoms with Crippen LogP contribution in [0.25, 0.3) is 0 Å². The molecule has 0 bridgehead atoms. The van der Waals surface area contributed by atoms with E-state index in [0.29, 0.717) is 6.04 Å². The van der Waals surface area contributed by atoms with Gasteiger partial charge in [0.1, 0.15) is 0 Å². The van der Waals surface area contributed by atoms with Crippen molar-refractivity contribution in [1.82, 2.24) is 15.1 Å². The number of aryl methyl sites for hydroxylation is 2. The summed E-state index contributed by atoms with van der Waals surface area (Å²) in [6.45, 7) is 6.47. The van der Waals surface area contributed by atoms with Gasteiger partial charge in [-0.2, -0.15) is 5.10 Å². The second kappa shape index (κ2) is 7.23. The normalized spacial score (nSPS) is 24.8. The van der Waals surface area contributed by atoms with Gasteiger partial charge in [-0.1, -0.05) is 6.92 Å². The number of hydrogen-bond donors (Lipinski definition) is 1. The zero-order valence-electron chi connectivity index (χ0n) is 13.2. The van der Waals surface area contributed by atoms with Crippen molar-refractivity contribution >= 4 is 0 Å². The van der Waals surface area contributed by atoms with Crippen LogP contribution in [0, 0.1) is 0 Å². The van der Waals surface area contributed by atoms with Gasteiger partial charge in [-0.05, 0) is 58.1 Å². The van der Waals surface area contributed by atoms with Gasteiger partial charge in [0.15, 0.2) is 0 Å². The maximum Gasteiger partial charge on any atom is 0.0806 e. The summed E-state index contributed by atoms with van der Waals surface area (Å²) >= 11 is 0. The summed E-state index contributed by atoms with van der Waals surface area (Å²) in [4.78, 5) is 0. The number of nitrogens with one attached hydrogen (secondary N) is 1. The van der Waals surface area contributed by atoms with E-state index in [2.05, 4.69) is 30.3 Å². The molecule has 1 aromatic rings. The van der Waals surface area contributed by atoms with Crippen LogP contribution in [0.4, 0.5) is 0 Å². The predicted octanol–water partition coefficient (Wildman–Crippen LogP) is 2.68. The first-order chi connectivity index (χ1) is 9.65. The highest BCUT2D eigenvalue weighted by Crippen LogP contribution is 2.30. The molecule has 0 amide bonds. The number of hydrogen-bond acceptors (Lipinski definition) is 3. The summed E-state index contributed by atoms with van der Waals surface area (Å²) in [7, 11) is 2.02. The van der Waals surface area contributed by atoms with Crippen molar-refractivity contribution < 1.29 is 4.74 Å². The standard InChI is InChI=1S/C16H29N3O/c1-4-11-17-15(16(2)10-5-6-13-20-16)8-7-14-9-12-18-19(14)3/h9,12,15,17H,4-8,10-11,13H2,1-3H3. The minimum absolute atomic E-state index is 0.00792. The second-order valence-electron chi connectivity index (χ2n) is 6.11. The predicted molar refractivity (Wildman–Crippen MR) is 81.8 cm³/mol. The Labute approximate surface area is 122 Å². The topological polar surface area (TPSA) is 39.1 Å². The molecule has 4 nitrogen and oxygen atoms in total. The third-order valence-corrected chi connectivity index (χ3v) is 4.49. The van der Waals surface area contributed by atoms with Gasteiger partial charge < -0.3 is 10.1 Å². The van der Waals surface area contributed by atoms with Gasteiger partial charge in [0.05, 0.1) is 5.60 Å². The van der Waals surface area contributed by atoms with Gasteiger partial charge >= 0.3 is 0 Å². The van der Waals surface area contributed by atoms with E-state index in [4.69, 9.17) is 4.74 Å². The molecule has 1 N–H and O–H groups in total. The second-order valence-corrected chi connectivity index (χ2v) is 6.11. The van der Waals surface area contributed by atoms with Crippen molar-refractivity contribution in [3.05, 3.63) is 18.0 Å². The molecule has 0 aliphatic carbocycles. The van der Waals surface area contributed by atoms with Crippen molar-refractivity contribution in [2.24, 2.45) is 7.05 Å². The lowest BCUT2D eigenvalue weighted by atomic mass is 9.85. The Morgan fingerprint density at radius 1 is 1.50 bits per heavy atom. The fraction of sp³-hybridized carbons (Fsp3) is 0.812. The Hall–Kier alpha value is -0.870. The average Bonchev–Trinajstić information content (AvgIpc) is 2.85. The summed E-state index contributed by atoms with van der Waals surface area (Å²) in [5.41, 5.74) is 1.29. The molecular formula is C16H29N3O. The largest absolute Gasteiger partial charge is 0.374 e. The van der Waals surface area contributed by atoms with Crippen molar-refractivity contribution in [3.63, 3.8) is 0 Å². The van der Waals surface area contributed by atoms with Crippen LogP contribution >= 0.6 is 0 Å². The maximum atomic E-state index is 6.14. The van der Waals surface area contributed by atoms with Crippen molar-refractivity contribution in [2.75, 3.05) is 13.2 Å². The third kappa shape index (κ3) is 3.83. The monoisotopic (exact) mass is 279 g/mol. The summed E-state index contributed by atoms with van der Waals surface area (Å²) in [5.74, 6) is 0. The van der Waals surface area contributed by atoms with Crippen LogP contribution in [0.3, 0.4) is 0 Å². The van der Waals surface area contributed by atoms with Crippen LogP contribution in [0.5, 0.6) is 0 Å². The van der Waals surface area contributed by atoms with E-state index in [1.165, 1.54) is 25.0 Å². The number of ether oxygens (including phenoxy) is 1. The van der Waals surface area contributed by atoms with Crippen LogP contribution in [0.15, 0.2) is 12.3 Å². The molecule has 1 fully saturated rings. The highest BCUT2D eigenvalue weighted by molar-refractivity contribution is 5.02. The van der Waals surface area contributed by atoms with Gasteiger partial charge in [0, 0.05) is 31.6 Å². The summed E-state index contributed by atoms with van der Waals surface area (Å²) in [6.07, 6.45) is 8.86. The number of rotatable bonds is 7. The average molecular weight is 279 g/mol. The molecule has 1 aliphatic rings. The van der Waals surface area contributed by atoms with Crippen LogP contribution < -0.4 is 5.32 Å². The van der Waals surface area contributed by atoms with Crippen molar-refractivity contribution in [3.8, 4) is 0 Å². The summed E-state index contributed by atoms with van der Waals surface area (Å²) < 4.78 is 8.11. The van der Waals surface area contributed by atoms with Gasteiger partial charge in [0.2, 0.25) is 0 Å². The van der Waals surface area contributed by atoms with E-state index >= 15 is 0 Å². The fourth-order valence-corrected chi connectivity index (χ4v) is 3.11. The SMILES string of the molecule is CCCNC(CCc1ccnn1C)C1(C)CCCCO1. The van der Waals surface area contributed by atoms with E-state index in [0.717, 1.165) is 32.4 Å². The molecule has 0 saturated carbocycles. The van der Waals surface area contributed by atoms with Gasteiger partial charge in [-0.3, -0.25) is 4.68 Å². The Bertz CT molecular complexity index is 396. The molecule has 1 aromatic heterocycles. The van der Waals surface area contributed by atoms with Crippen molar-refractivity contribution in [2.45, 2.75) is 64.0 Å².